The fourth-order valence-electron chi connectivity index (χ4n) is 2.46. The standard InChI is InChI=1S/C16H10F3NO3/c17-16(18,19)23-10-6-7-12-11(8-10)14(21)13(15(22)20-12)9-4-2-1-3-5-9/h1-8,13H,(H,20,22)/t13-/m0/s1. The van der Waals surface area contributed by atoms with Crippen LogP contribution in [-0.2, 0) is 4.79 Å². The Hall–Kier alpha value is -2.83. The van der Waals surface area contributed by atoms with Crippen LogP contribution >= 0.6 is 0 Å². The monoisotopic (exact) mass is 321 g/mol. The number of fused-ring (bicyclic) bond motifs is 1. The van der Waals surface area contributed by atoms with Crippen LogP contribution in [0.4, 0.5) is 18.9 Å². The van der Waals surface area contributed by atoms with Gasteiger partial charge in [-0.3, -0.25) is 9.59 Å². The maximum atomic E-state index is 12.5. The lowest BCUT2D eigenvalue weighted by Crippen LogP contribution is -2.33. The number of Topliss-reactive ketones (excluding diaryl/α,β-unsaturated/α-hetero) is 1. The van der Waals surface area contributed by atoms with Crippen LogP contribution in [0, 0.1) is 0 Å². The SMILES string of the molecule is O=C1Nc2ccc(OC(F)(F)F)cc2C(=O)[C@@H]1c1ccccc1. The molecule has 1 aliphatic heterocycles. The summed E-state index contributed by atoms with van der Waals surface area (Å²) in [6.07, 6.45) is -4.85. The average molecular weight is 321 g/mol. The number of amides is 1. The third-order valence-electron chi connectivity index (χ3n) is 3.41. The first kappa shape index (κ1) is 15.1. The number of benzene rings is 2. The summed E-state index contributed by atoms with van der Waals surface area (Å²) in [5, 5.41) is 2.53. The van der Waals surface area contributed by atoms with Gasteiger partial charge in [-0.15, -0.1) is 13.2 Å². The van der Waals surface area contributed by atoms with E-state index >= 15 is 0 Å². The Balaban J connectivity index is 2.00. The van der Waals surface area contributed by atoms with Crippen molar-refractivity contribution in [2.45, 2.75) is 12.3 Å². The molecule has 1 heterocycles. The molecule has 0 aromatic heterocycles. The molecular formula is C16H10F3NO3. The van der Waals surface area contributed by atoms with Gasteiger partial charge in [-0.05, 0) is 23.8 Å². The van der Waals surface area contributed by atoms with Crippen molar-refractivity contribution < 1.29 is 27.5 Å². The van der Waals surface area contributed by atoms with Crippen LogP contribution < -0.4 is 10.1 Å². The smallest absolute Gasteiger partial charge is 0.406 e. The molecule has 0 fully saturated rings. The number of rotatable bonds is 2. The van der Waals surface area contributed by atoms with E-state index in [1.165, 1.54) is 6.07 Å². The van der Waals surface area contributed by atoms with Crippen LogP contribution in [0.3, 0.4) is 0 Å². The third kappa shape index (κ3) is 3.03. The number of ketones is 1. The van der Waals surface area contributed by atoms with Gasteiger partial charge in [0.2, 0.25) is 5.91 Å². The molecule has 2 aromatic rings. The minimum absolute atomic E-state index is 0.0137. The fraction of sp³-hybridized carbons (Fsp3) is 0.125. The number of hydrogen-bond acceptors (Lipinski definition) is 3. The number of anilines is 1. The van der Waals surface area contributed by atoms with Gasteiger partial charge in [0, 0.05) is 5.56 Å². The van der Waals surface area contributed by atoms with Crippen LogP contribution in [0.5, 0.6) is 5.75 Å². The Morgan fingerprint density at radius 3 is 2.35 bits per heavy atom. The molecule has 0 unspecified atom stereocenters. The first-order valence-electron chi connectivity index (χ1n) is 6.65. The Morgan fingerprint density at radius 2 is 1.70 bits per heavy atom. The van der Waals surface area contributed by atoms with E-state index in [9.17, 15) is 22.8 Å². The highest BCUT2D eigenvalue weighted by Crippen LogP contribution is 2.34. The van der Waals surface area contributed by atoms with Gasteiger partial charge >= 0.3 is 6.36 Å². The quantitative estimate of drug-likeness (QED) is 0.861. The molecule has 0 spiro atoms. The number of carbonyl (C=O) groups is 2. The highest BCUT2D eigenvalue weighted by Gasteiger charge is 2.37. The van der Waals surface area contributed by atoms with E-state index < -0.39 is 29.7 Å². The number of ether oxygens (including phenoxy) is 1. The molecule has 1 aliphatic rings. The average Bonchev–Trinajstić information content (AvgIpc) is 2.48. The zero-order valence-corrected chi connectivity index (χ0v) is 11.6. The topological polar surface area (TPSA) is 55.4 Å². The van der Waals surface area contributed by atoms with Crippen LogP contribution in [0.1, 0.15) is 21.8 Å². The van der Waals surface area contributed by atoms with E-state index in [2.05, 4.69) is 10.1 Å². The summed E-state index contributed by atoms with van der Waals surface area (Å²) in [7, 11) is 0. The summed E-state index contributed by atoms with van der Waals surface area (Å²) in [4.78, 5) is 24.7. The molecule has 0 radical (unpaired) electrons. The lowest BCUT2D eigenvalue weighted by molar-refractivity contribution is -0.274. The van der Waals surface area contributed by atoms with Crippen LogP contribution in [0.25, 0.3) is 0 Å². The van der Waals surface area contributed by atoms with Crippen molar-refractivity contribution in [3.05, 3.63) is 59.7 Å². The first-order chi connectivity index (χ1) is 10.8. The van der Waals surface area contributed by atoms with E-state index in [1.807, 2.05) is 0 Å². The van der Waals surface area contributed by atoms with E-state index in [1.54, 1.807) is 30.3 Å². The van der Waals surface area contributed by atoms with Crippen molar-refractivity contribution in [2.24, 2.45) is 0 Å². The molecule has 23 heavy (non-hydrogen) atoms. The molecule has 7 heteroatoms. The highest BCUT2D eigenvalue weighted by atomic mass is 19.4. The molecule has 1 amide bonds. The predicted octanol–water partition coefficient (Wildman–Crippen LogP) is 3.50. The second kappa shape index (κ2) is 5.42. The molecule has 0 saturated carbocycles. The Kier molecular flexibility index (Phi) is 3.55. The first-order valence-corrected chi connectivity index (χ1v) is 6.65. The van der Waals surface area contributed by atoms with Gasteiger partial charge < -0.3 is 10.1 Å². The minimum atomic E-state index is -4.85. The number of hydrogen-bond donors (Lipinski definition) is 1. The van der Waals surface area contributed by atoms with Crippen molar-refractivity contribution >= 4 is 17.4 Å². The van der Waals surface area contributed by atoms with Gasteiger partial charge in [0.15, 0.2) is 5.78 Å². The maximum absolute atomic E-state index is 12.5. The zero-order valence-electron chi connectivity index (χ0n) is 11.6. The molecule has 0 saturated heterocycles. The number of nitrogens with one attached hydrogen (secondary N) is 1. The lowest BCUT2D eigenvalue weighted by Gasteiger charge is -2.24. The molecule has 4 nitrogen and oxygen atoms in total. The summed E-state index contributed by atoms with van der Waals surface area (Å²) in [5.41, 5.74) is 0.629. The predicted molar refractivity (Wildman–Crippen MR) is 75.3 cm³/mol. The van der Waals surface area contributed by atoms with Gasteiger partial charge in [-0.1, -0.05) is 30.3 Å². The third-order valence-corrected chi connectivity index (χ3v) is 3.41. The molecular weight excluding hydrogens is 311 g/mol. The molecule has 1 N–H and O–H groups in total. The second-order valence-corrected chi connectivity index (χ2v) is 4.95. The van der Waals surface area contributed by atoms with Gasteiger partial charge in [-0.2, -0.15) is 0 Å². The van der Waals surface area contributed by atoms with Crippen molar-refractivity contribution in [1.82, 2.24) is 0 Å². The molecule has 2 aromatic carbocycles. The van der Waals surface area contributed by atoms with Gasteiger partial charge in [0.05, 0.1) is 5.69 Å². The van der Waals surface area contributed by atoms with Crippen molar-refractivity contribution in [3.8, 4) is 5.75 Å². The number of alkyl halides is 3. The summed E-state index contributed by atoms with van der Waals surface area (Å²) in [5.74, 6) is -2.68. The molecule has 118 valence electrons. The van der Waals surface area contributed by atoms with E-state index in [0.717, 1.165) is 12.1 Å². The van der Waals surface area contributed by atoms with Gasteiger partial charge in [-0.25, -0.2) is 0 Å². The minimum Gasteiger partial charge on any atom is -0.406 e. The van der Waals surface area contributed by atoms with Crippen LogP contribution in [0.2, 0.25) is 0 Å². The molecule has 0 bridgehead atoms. The van der Waals surface area contributed by atoms with Gasteiger partial charge in [0.1, 0.15) is 11.7 Å². The normalized spacial score (nSPS) is 17.4. The van der Waals surface area contributed by atoms with Crippen molar-refractivity contribution in [2.75, 3.05) is 5.32 Å². The summed E-state index contributed by atoms with van der Waals surface area (Å²) in [6.45, 7) is 0. The van der Waals surface area contributed by atoms with Crippen LogP contribution in [0.15, 0.2) is 48.5 Å². The Morgan fingerprint density at radius 1 is 1.00 bits per heavy atom. The van der Waals surface area contributed by atoms with Crippen LogP contribution in [-0.4, -0.2) is 18.1 Å². The van der Waals surface area contributed by atoms with E-state index in [0.29, 0.717) is 5.56 Å². The summed E-state index contributed by atoms with van der Waals surface area (Å²) in [6, 6.07) is 11.6. The number of carbonyl (C=O) groups excluding carboxylic acids is 2. The van der Waals surface area contributed by atoms with Crippen molar-refractivity contribution in [1.29, 1.82) is 0 Å². The molecule has 1 atom stereocenters. The van der Waals surface area contributed by atoms with Gasteiger partial charge in [0.25, 0.3) is 0 Å². The summed E-state index contributed by atoms with van der Waals surface area (Å²) < 4.78 is 40.7. The van der Waals surface area contributed by atoms with E-state index in [4.69, 9.17) is 0 Å². The molecule has 3 rings (SSSR count). The highest BCUT2D eigenvalue weighted by molar-refractivity contribution is 6.24. The maximum Gasteiger partial charge on any atom is 0.573 e. The molecule has 0 aliphatic carbocycles. The second-order valence-electron chi connectivity index (χ2n) is 4.95. The Labute approximate surface area is 128 Å². The number of halogens is 3. The lowest BCUT2D eigenvalue weighted by atomic mass is 9.86. The Bertz CT molecular complexity index is 772. The summed E-state index contributed by atoms with van der Waals surface area (Å²) >= 11 is 0. The largest absolute Gasteiger partial charge is 0.573 e. The zero-order chi connectivity index (χ0) is 16.6. The fourth-order valence-corrected chi connectivity index (χ4v) is 2.46. The van der Waals surface area contributed by atoms with E-state index in [-0.39, 0.29) is 11.3 Å². The van der Waals surface area contributed by atoms with Crippen molar-refractivity contribution in [3.63, 3.8) is 0 Å².